The number of nitrogens with one attached hydrogen (secondary N) is 1. The molecule has 0 unspecified atom stereocenters. The van der Waals surface area contributed by atoms with Gasteiger partial charge in [0.2, 0.25) is 0 Å². The maximum absolute atomic E-state index is 12.3. The first kappa shape index (κ1) is 11.4. The van der Waals surface area contributed by atoms with Crippen LogP contribution in [0.3, 0.4) is 0 Å². The number of benzene rings is 2. The number of ketones is 1. The molecule has 0 atom stereocenters. The van der Waals surface area contributed by atoms with Gasteiger partial charge in [-0.05, 0) is 6.07 Å². The average Bonchev–Trinajstić information content (AvgIpc) is 2.89. The quantitative estimate of drug-likeness (QED) is 0.572. The molecule has 0 saturated carbocycles. The first-order valence-electron chi connectivity index (χ1n) is 5.95. The molecule has 0 aliphatic carbocycles. The van der Waals surface area contributed by atoms with E-state index in [1.807, 2.05) is 18.2 Å². The van der Waals surface area contributed by atoms with Crippen LogP contribution in [-0.2, 0) is 0 Å². The molecule has 3 nitrogen and oxygen atoms in total. The van der Waals surface area contributed by atoms with E-state index in [4.69, 9.17) is 0 Å². The Balaban J connectivity index is 2.07. The minimum absolute atomic E-state index is 0.0234. The molecule has 1 aromatic heterocycles. The lowest BCUT2D eigenvalue weighted by molar-refractivity contribution is 0.103. The van der Waals surface area contributed by atoms with Gasteiger partial charge >= 0.3 is 0 Å². The second-order valence-corrected chi connectivity index (χ2v) is 4.32. The Kier molecular flexibility index (Phi) is 2.72. The molecule has 0 aliphatic rings. The molecule has 0 bridgehead atoms. The summed E-state index contributed by atoms with van der Waals surface area (Å²) in [6.45, 7) is 0. The number of aldehydes is 1. The smallest absolute Gasteiger partial charge is 0.193 e. The van der Waals surface area contributed by atoms with E-state index in [9.17, 15) is 9.59 Å². The number of aromatic nitrogens is 1. The highest BCUT2D eigenvalue weighted by Crippen LogP contribution is 2.20. The van der Waals surface area contributed by atoms with Crippen molar-refractivity contribution in [2.45, 2.75) is 0 Å². The van der Waals surface area contributed by atoms with Crippen molar-refractivity contribution in [3.63, 3.8) is 0 Å². The molecule has 3 aromatic rings. The predicted molar refractivity (Wildman–Crippen MR) is 73.6 cm³/mol. The molecule has 1 heterocycles. The van der Waals surface area contributed by atoms with Gasteiger partial charge < -0.3 is 4.98 Å². The standard InChI is InChI=1S/C16H11NO2/c18-10-13-9-17-15-8-12(6-7-14(13)15)16(19)11-4-2-1-3-5-11/h1-10,17H. The van der Waals surface area contributed by atoms with Crippen LogP contribution in [0, 0.1) is 0 Å². The summed E-state index contributed by atoms with van der Waals surface area (Å²) in [4.78, 5) is 26.1. The molecule has 0 spiro atoms. The fraction of sp³-hybridized carbons (Fsp3) is 0. The zero-order chi connectivity index (χ0) is 13.2. The van der Waals surface area contributed by atoms with Crippen molar-refractivity contribution in [3.05, 3.63) is 71.4 Å². The lowest BCUT2D eigenvalue weighted by atomic mass is 10.0. The third-order valence-electron chi connectivity index (χ3n) is 3.14. The minimum atomic E-state index is -0.0234. The van der Waals surface area contributed by atoms with E-state index in [1.165, 1.54) is 0 Å². The van der Waals surface area contributed by atoms with Crippen molar-refractivity contribution in [2.75, 3.05) is 0 Å². The van der Waals surface area contributed by atoms with Crippen molar-refractivity contribution in [3.8, 4) is 0 Å². The van der Waals surface area contributed by atoms with E-state index in [1.54, 1.807) is 36.5 Å². The molecule has 0 fully saturated rings. The van der Waals surface area contributed by atoms with Crippen LogP contribution in [0.15, 0.2) is 54.7 Å². The monoisotopic (exact) mass is 249 g/mol. The maximum atomic E-state index is 12.3. The Morgan fingerprint density at radius 2 is 1.79 bits per heavy atom. The summed E-state index contributed by atoms with van der Waals surface area (Å²) in [6.07, 6.45) is 2.45. The molecular formula is C16H11NO2. The van der Waals surface area contributed by atoms with Gasteiger partial charge in [-0.25, -0.2) is 0 Å². The minimum Gasteiger partial charge on any atom is -0.360 e. The first-order chi connectivity index (χ1) is 9.29. The molecule has 0 aliphatic heterocycles. The van der Waals surface area contributed by atoms with Crippen molar-refractivity contribution in [2.24, 2.45) is 0 Å². The molecule has 19 heavy (non-hydrogen) atoms. The van der Waals surface area contributed by atoms with Gasteiger partial charge in [-0.3, -0.25) is 9.59 Å². The van der Waals surface area contributed by atoms with Crippen molar-refractivity contribution >= 4 is 23.0 Å². The zero-order valence-corrected chi connectivity index (χ0v) is 10.1. The van der Waals surface area contributed by atoms with Crippen LogP contribution >= 0.6 is 0 Å². The van der Waals surface area contributed by atoms with Gasteiger partial charge in [0.05, 0.1) is 0 Å². The third-order valence-corrected chi connectivity index (χ3v) is 3.14. The number of aromatic amines is 1. The summed E-state index contributed by atoms with van der Waals surface area (Å²) in [5.74, 6) is -0.0234. The zero-order valence-electron chi connectivity index (χ0n) is 10.1. The van der Waals surface area contributed by atoms with Crippen LogP contribution in [0.5, 0.6) is 0 Å². The maximum Gasteiger partial charge on any atom is 0.193 e. The van der Waals surface area contributed by atoms with Crippen LogP contribution in [0.25, 0.3) is 10.9 Å². The first-order valence-corrected chi connectivity index (χ1v) is 5.95. The van der Waals surface area contributed by atoms with Crippen molar-refractivity contribution in [1.82, 2.24) is 4.98 Å². The van der Waals surface area contributed by atoms with Crippen LogP contribution in [-0.4, -0.2) is 17.1 Å². The molecule has 0 radical (unpaired) electrons. The van der Waals surface area contributed by atoms with E-state index in [-0.39, 0.29) is 5.78 Å². The summed E-state index contributed by atoms with van der Waals surface area (Å²) >= 11 is 0. The van der Waals surface area contributed by atoms with Crippen LogP contribution in [0.1, 0.15) is 26.3 Å². The molecule has 1 N–H and O–H groups in total. The summed E-state index contributed by atoms with van der Waals surface area (Å²) in [6, 6.07) is 14.5. The van der Waals surface area contributed by atoms with Gasteiger partial charge in [0.15, 0.2) is 12.1 Å². The van der Waals surface area contributed by atoms with Crippen LogP contribution in [0.2, 0.25) is 0 Å². The number of carbonyl (C=O) groups excluding carboxylic acids is 2. The molecule has 92 valence electrons. The van der Waals surface area contributed by atoms with E-state index in [2.05, 4.69) is 4.98 Å². The fourth-order valence-electron chi connectivity index (χ4n) is 2.14. The lowest BCUT2D eigenvalue weighted by Gasteiger charge is -2.01. The second-order valence-electron chi connectivity index (χ2n) is 4.32. The van der Waals surface area contributed by atoms with Gasteiger partial charge in [-0.15, -0.1) is 0 Å². The van der Waals surface area contributed by atoms with Gasteiger partial charge in [0.1, 0.15) is 0 Å². The number of fused-ring (bicyclic) bond motifs is 1. The largest absolute Gasteiger partial charge is 0.360 e. The highest BCUT2D eigenvalue weighted by Gasteiger charge is 2.10. The van der Waals surface area contributed by atoms with Crippen LogP contribution in [0.4, 0.5) is 0 Å². The third kappa shape index (κ3) is 1.95. The normalized spacial score (nSPS) is 10.5. The van der Waals surface area contributed by atoms with Crippen molar-refractivity contribution < 1.29 is 9.59 Å². The molecule has 2 aromatic carbocycles. The van der Waals surface area contributed by atoms with Crippen molar-refractivity contribution in [1.29, 1.82) is 0 Å². The number of carbonyl (C=O) groups is 2. The average molecular weight is 249 g/mol. The Hall–Kier alpha value is -2.68. The van der Waals surface area contributed by atoms with Gasteiger partial charge in [0.25, 0.3) is 0 Å². The molecule has 3 heteroatoms. The highest BCUT2D eigenvalue weighted by atomic mass is 16.1. The van der Waals surface area contributed by atoms with E-state index in [0.29, 0.717) is 16.7 Å². The number of H-pyrrole nitrogens is 1. The predicted octanol–water partition coefficient (Wildman–Crippen LogP) is 3.21. The molecule has 0 saturated heterocycles. The Morgan fingerprint density at radius 3 is 2.53 bits per heavy atom. The number of hydrogen-bond acceptors (Lipinski definition) is 2. The molecule has 3 rings (SSSR count). The van der Waals surface area contributed by atoms with Gasteiger partial charge in [0, 0.05) is 33.8 Å². The second kappa shape index (κ2) is 4.53. The highest BCUT2D eigenvalue weighted by molar-refractivity contribution is 6.11. The van der Waals surface area contributed by atoms with Crippen LogP contribution < -0.4 is 0 Å². The lowest BCUT2D eigenvalue weighted by Crippen LogP contribution is -2.00. The molecular weight excluding hydrogens is 238 g/mol. The number of rotatable bonds is 3. The Bertz CT molecular complexity index is 757. The van der Waals surface area contributed by atoms with Gasteiger partial charge in [-0.1, -0.05) is 42.5 Å². The topological polar surface area (TPSA) is 49.9 Å². The fourth-order valence-corrected chi connectivity index (χ4v) is 2.14. The Morgan fingerprint density at radius 1 is 1.00 bits per heavy atom. The summed E-state index contributed by atoms with van der Waals surface area (Å²) < 4.78 is 0. The van der Waals surface area contributed by atoms with E-state index < -0.39 is 0 Å². The van der Waals surface area contributed by atoms with E-state index >= 15 is 0 Å². The summed E-state index contributed by atoms with van der Waals surface area (Å²) in [5.41, 5.74) is 2.67. The molecule has 0 amide bonds. The SMILES string of the molecule is O=Cc1c[nH]c2cc(C(=O)c3ccccc3)ccc12. The summed E-state index contributed by atoms with van der Waals surface area (Å²) in [7, 11) is 0. The number of hydrogen-bond donors (Lipinski definition) is 1. The van der Waals surface area contributed by atoms with Gasteiger partial charge in [-0.2, -0.15) is 0 Å². The Labute approximate surface area is 109 Å². The van der Waals surface area contributed by atoms with E-state index in [0.717, 1.165) is 17.2 Å². The summed E-state index contributed by atoms with van der Waals surface area (Å²) in [5, 5.41) is 0.833.